The van der Waals surface area contributed by atoms with Gasteiger partial charge in [0, 0.05) is 11.1 Å². The van der Waals surface area contributed by atoms with Crippen molar-refractivity contribution >= 4 is 17.0 Å². The summed E-state index contributed by atoms with van der Waals surface area (Å²) in [6, 6.07) is 31.7. The number of fused-ring (bicyclic) bond motifs is 1. The van der Waals surface area contributed by atoms with E-state index in [1.165, 1.54) is 10.8 Å². The van der Waals surface area contributed by atoms with Gasteiger partial charge >= 0.3 is 0 Å². The molecule has 30 heavy (non-hydrogen) atoms. The third kappa shape index (κ3) is 4.48. The normalized spacial score (nSPS) is 10.8. The van der Waals surface area contributed by atoms with Crippen LogP contribution in [0.4, 0.5) is 0 Å². The summed E-state index contributed by atoms with van der Waals surface area (Å²) in [5, 5.41) is 15.6. The predicted molar refractivity (Wildman–Crippen MR) is 118 cm³/mol. The highest BCUT2D eigenvalue weighted by molar-refractivity contribution is 5.86. The molecule has 0 spiro atoms. The van der Waals surface area contributed by atoms with E-state index in [2.05, 4.69) is 35.5 Å². The van der Waals surface area contributed by atoms with Crippen molar-refractivity contribution in [1.82, 2.24) is 0 Å². The topological polar surface area (TPSA) is 54.6 Å². The Morgan fingerprint density at radius 2 is 1.50 bits per heavy atom. The summed E-state index contributed by atoms with van der Waals surface area (Å²) < 4.78 is 6.09. The number of para-hydroxylation sites is 1. The monoisotopic (exact) mass is 392 g/mol. The molecule has 0 N–H and O–H groups in total. The first-order valence-electron chi connectivity index (χ1n) is 9.67. The Kier molecular flexibility index (Phi) is 6.02. The van der Waals surface area contributed by atoms with Crippen LogP contribution in [-0.2, 0) is 18.1 Å². The van der Waals surface area contributed by atoms with E-state index < -0.39 is 0 Å². The van der Waals surface area contributed by atoms with E-state index in [0.717, 1.165) is 22.4 Å². The van der Waals surface area contributed by atoms with E-state index in [9.17, 15) is 0 Å². The molecule has 4 heteroatoms. The number of rotatable bonds is 7. The summed E-state index contributed by atoms with van der Waals surface area (Å²) in [6.45, 7) is 0.696. The minimum absolute atomic E-state index is 0.235. The summed E-state index contributed by atoms with van der Waals surface area (Å²) in [5.74, 6) is 0.732. The van der Waals surface area contributed by atoms with E-state index in [0.29, 0.717) is 12.2 Å². The first-order chi connectivity index (χ1) is 14.8. The molecule has 4 nitrogen and oxygen atoms in total. The van der Waals surface area contributed by atoms with E-state index in [1.54, 1.807) is 12.3 Å². The van der Waals surface area contributed by atoms with Crippen LogP contribution in [0.5, 0.6) is 5.75 Å². The Morgan fingerprint density at radius 3 is 2.43 bits per heavy atom. The summed E-state index contributed by atoms with van der Waals surface area (Å²) in [7, 11) is 0. The van der Waals surface area contributed by atoms with Crippen LogP contribution in [-0.4, -0.2) is 6.21 Å². The Hall–Kier alpha value is -4.10. The molecule has 0 saturated heterocycles. The first kappa shape index (κ1) is 19.2. The van der Waals surface area contributed by atoms with E-state index in [1.807, 2.05) is 60.7 Å². The number of benzene rings is 4. The summed E-state index contributed by atoms with van der Waals surface area (Å²) in [6.07, 6.45) is 1.63. The van der Waals surface area contributed by atoms with Crippen LogP contribution in [0.25, 0.3) is 10.8 Å². The lowest BCUT2D eigenvalue weighted by Gasteiger charge is -2.11. The average molecular weight is 392 g/mol. The zero-order valence-electron chi connectivity index (χ0n) is 16.4. The van der Waals surface area contributed by atoms with Crippen LogP contribution >= 0.6 is 0 Å². The molecule has 4 rings (SSSR count). The highest BCUT2D eigenvalue weighted by atomic mass is 16.6. The molecule has 0 fully saturated rings. The van der Waals surface area contributed by atoms with Crippen LogP contribution in [0.3, 0.4) is 0 Å². The van der Waals surface area contributed by atoms with Crippen LogP contribution in [0.15, 0.2) is 96.2 Å². The molecule has 0 aromatic heterocycles. The summed E-state index contributed by atoms with van der Waals surface area (Å²) in [5.41, 5.74) is 3.35. The summed E-state index contributed by atoms with van der Waals surface area (Å²) >= 11 is 0. The second-order valence-electron chi connectivity index (χ2n) is 6.74. The van der Waals surface area contributed by atoms with Gasteiger partial charge in [-0.05, 0) is 34.5 Å². The molecule has 0 aliphatic rings. The van der Waals surface area contributed by atoms with Gasteiger partial charge in [-0.1, -0.05) is 78.0 Å². The van der Waals surface area contributed by atoms with Crippen molar-refractivity contribution in [2.24, 2.45) is 5.16 Å². The molecule has 146 valence electrons. The van der Waals surface area contributed by atoms with Crippen molar-refractivity contribution in [3.63, 3.8) is 0 Å². The molecule has 0 amide bonds. The van der Waals surface area contributed by atoms with Crippen LogP contribution < -0.4 is 4.74 Å². The third-order valence-corrected chi connectivity index (χ3v) is 4.81. The second kappa shape index (κ2) is 9.40. The maximum Gasteiger partial charge on any atom is 0.143 e. The Bertz CT molecular complexity index is 1220. The van der Waals surface area contributed by atoms with Gasteiger partial charge < -0.3 is 9.57 Å². The molecular formula is C26H20N2O2. The van der Waals surface area contributed by atoms with Gasteiger partial charge in [-0.15, -0.1) is 0 Å². The van der Waals surface area contributed by atoms with Gasteiger partial charge in [-0.3, -0.25) is 0 Å². The fourth-order valence-electron chi connectivity index (χ4n) is 3.25. The predicted octanol–water partition coefficient (Wildman–Crippen LogP) is 5.84. The standard InChI is InChI=1S/C26H20N2O2/c27-16-21-9-1-2-11-23(21)19-30-28-17-22-10-4-6-15-26(22)29-18-24-13-7-12-20-8-3-5-14-25(20)24/h1-15,17H,18-19H2/b28-17-. The zero-order valence-corrected chi connectivity index (χ0v) is 16.4. The molecule has 4 aromatic rings. The molecule has 0 heterocycles. The number of hydrogen-bond acceptors (Lipinski definition) is 4. The van der Waals surface area contributed by atoms with Gasteiger partial charge in [0.15, 0.2) is 0 Å². The molecule has 0 unspecified atom stereocenters. The Labute approximate surface area is 175 Å². The van der Waals surface area contributed by atoms with Crippen molar-refractivity contribution in [3.8, 4) is 11.8 Å². The minimum Gasteiger partial charge on any atom is -0.488 e. The Balaban J connectivity index is 1.44. The number of ether oxygens (including phenoxy) is 1. The molecule has 0 bridgehead atoms. The molecule has 0 atom stereocenters. The fourth-order valence-corrected chi connectivity index (χ4v) is 3.25. The van der Waals surface area contributed by atoms with Crippen LogP contribution in [0.1, 0.15) is 22.3 Å². The van der Waals surface area contributed by atoms with E-state index >= 15 is 0 Å². The van der Waals surface area contributed by atoms with Crippen molar-refractivity contribution in [2.75, 3.05) is 0 Å². The average Bonchev–Trinajstić information content (AvgIpc) is 2.81. The molecule has 4 aromatic carbocycles. The molecule has 0 saturated carbocycles. The molecule has 0 aliphatic carbocycles. The summed E-state index contributed by atoms with van der Waals surface area (Å²) in [4.78, 5) is 5.40. The molecular weight excluding hydrogens is 372 g/mol. The quantitative estimate of drug-likeness (QED) is 0.293. The smallest absolute Gasteiger partial charge is 0.143 e. The highest BCUT2D eigenvalue weighted by Crippen LogP contribution is 2.22. The second-order valence-corrected chi connectivity index (χ2v) is 6.74. The van der Waals surface area contributed by atoms with Gasteiger partial charge in [0.05, 0.1) is 17.8 Å². The van der Waals surface area contributed by atoms with Gasteiger partial charge in [0.1, 0.15) is 19.0 Å². The number of oxime groups is 1. The van der Waals surface area contributed by atoms with E-state index in [-0.39, 0.29) is 6.61 Å². The largest absolute Gasteiger partial charge is 0.488 e. The molecule has 0 radical (unpaired) electrons. The van der Waals surface area contributed by atoms with Crippen molar-refractivity contribution < 1.29 is 9.57 Å². The minimum atomic E-state index is 0.235. The zero-order chi connectivity index (χ0) is 20.6. The van der Waals surface area contributed by atoms with Gasteiger partial charge in [-0.2, -0.15) is 5.26 Å². The number of nitrogens with zero attached hydrogens (tertiary/aromatic N) is 2. The maximum atomic E-state index is 9.15. The lowest BCUT2D eigenvalue weighted by atomic mass is 10.1. The van der Waals surface area contributed by atoms with Crippen molar-refractivity contribution in [2.45, 2.75) is 13.2 Å². The number of nitriles is 1. The fraction of sp³-hybridized carbons (Fsp3) is 0.0769. The Morgan fingerprint density at radius 1 is 0.767 bits per heavy atom. The lowest BCUT2D eigenvalue weighted by Crippen LogP contribution is -1.99. The van der Waals surface area contributed by atoms with Crippen molar-refractivity contribution in [3.05, 3.63) is 113 Å². The lowest BCUT2D eigenvalue weighted by molar-refractivity contribution is 0.132. The highest BCUT2D eigenvalue weighted by Gasteiger charge is 2.05. The third-order valence-electron chi connectivity index (χ3n) is 4.81. The van der Waals surface area contributed by atoms with Gasteiger partial charge in [0.2, 0.25) is 0 Å². The van der Waals surface area contributed by atoms with Crippen LogP contribution in [0, 0.1) is 11.3 Å². The first-order valence-corrected chi connectivity index (χ1v) is 9.67. The number of hydrogen-bond donors (Lipinski definition) is 0. The molecule has 0 aliphatic heterocycles. The SMILES string of the molecule is N#Cc1ccccc1CO/N=C\c1ccccc1OCc1cccc2ccccc12. The van der Waals surface area contributed by atoms with Gasteiger partial charge in [0.25, 0.3) is 0 Å². The van der Waals surface area contributed by atoms with Crippen molar-refractivity contribution in [1.29, 1.82) is 5.26 Å². The maximum absolute atomic E-state index is 9.15. The van der Waals surface area contributed by atoms with Crippen LogP contribution in [0.2, 0.25) is 0 Å². The van der Waals surface area contributed by atoms with Gasteiger partial charge in [-0.25, -0.2) is 0 Å². The van der Waals surface area contributed by atoms with E-state index in [4.69, 9.17) is 14.8 Å².